The van der Waals surface area contributed by atoms with Crippen LogP contribution in [0.3, 0.4) is 0 Å². The van der Waals surface area contributed by atoms with Crippen molar-refractivity contribution in [2.45, 2.75) is 0 Å². The lowest BCUT2D eigenvalue weighted by Crippen LogP contribution is -2.13. The third-order valence-electron chi connectivity index (χ3n) is 1.40. The molecule has 0 aliphatic heterocycles. The van der Waals surface area contributed by atoms with Gasteiger partial charge < -0.3 is 4.74 Å². The van der Waals surface area contributed by atoms with E-state index in [1.165, 1.54) is 6.07 Å². The normalized spacial score (nSPS) is 9.64. The number of benzene rings is 1. The van der Waals surface area contributed by atoms with Crippen LogP contribution in [0.5, 0.6) is 0 Å². The molecule has 0 fully saturated rings. The number of hydrogen-bond acceptors (Lipinski definition) is 2. The third kappa shape index (κ3) is 3.09. The van der Waals surface area contributed by atoms with Gasteiger partial charge in [0, 0.05) is 5.69 Å². The molecule has 14 heavy (non-hydrogen) atoms. The van der Waals surface area contributed by atoms with Crippen molar-refractivity contribution in [3.05, 3.63) is 35.2 Å². The first-order chi connectivity index (χ1) is 6.63. The van der Waals surface area contributed by atoms with Crippen LogP contribution in [0.1, 0.15) is 0 Å². The maximum atomic E-state index is 11.0. The fraction of sp³-hybridized carbons (Fsp3) is 0.111. The molecule has 0 heterocycles. The van der Waals surface area contributed by atoms with Crippen LogP contribution in [-0.4, -0.2) is 12.7 Å². The van der Waals surface area contributed by atoms with Gasteiger partial charge in [-0.15, -0.1) is 0 Å². The van der Waals surface area contributed by atoms with Crippen molar-refractivity contribution < 1.29 is 9.53 Å². The zero-order chi connectivity index (χ0) is 10.6. The van der Waals surface area contributed by atoms with E-state index in [1.54, 1.807) is 12.1 Å². The van der Waals surface area contributed by atoms with Crippen molar-refractivity contribution in [3.63, 3.8) is 0 Å². The van der Waals surface area contributed by atoms with Gasteiger partial charge in [-0.1, -0.05) is 23.2 Å². The number of halogens is 2. The van der Waals surface area contributed by atoms with Crippen molar-refractivity contribution in [1.82, 2.24) is 0 Å². The first-order valence-corrected chi connectivity index (χ1v) is 4.57. The minimum atomic E-state index is -0.571. The minimum Gasteiger partial charge on any atom is -0.449 e. The Balaban J connectivity index is 2.68. The Morgan fingerprint density at radius 2 is 2.14 bits per heavy atom. The summed E-state index contributed by atoms with van der Waals surface area (Å²) < 4.78 is 4.58. The van der Waals surface area contributed by atoms with Crippen LogP contribution in [0, 0.1) is 6.92 Å². The van der Waals surface area contributed by atoms with Crippen LogP contribution in [0.4, 0.5) is 10.5 Å². The Morgan fingerprint density at radius 1 is 1.43 bits per heavy atom. The Kier molecular flexibility index (Phi) is 4.04. The molecule has 0 spiro atoms. The van der Waals surface area contributed by atoms with E-state index in [0.29, 0.717) is 15.7 Å². The SMILES string of the molecule is [CH2]COC(=O)Nc1ccc(Cl)c(Cl)c1. The van der Waals surface area contributed by atoms with Gasteiger partial charge in [0.25, 0.3) is 0 Å². The average molecular weight is 233 g/mol. The fourth-order valence-corrected chi connectivity index (χ4v) is 1.12. The molecule has 3 nitrogen and oxygen atoms in total. The smallest absolute Gasteiger partial charge is 0.411 e. The molecule has 0 aliphatic carbocycles. The minimum absolute atomic E-state index is 0.0765. The molecule has 0 saturated heterocycles. The van der Waals surface area contributed by atoms with E-state index in [-0.39, 0.29) is 6.61 Å². The number of nitrogens with one attached hydrogen (secondary N) is 1. The van der Waals surface area contributed by atoms with Crippen LogP contribution in [0.2, 0.25) is 10.0 Å². The molecule has 1 amide bonds. The number of anilines is 1. The second-order valence-corrected chi connectivity index (χ2v) is 3.20. The number of hydrogen-bond donors (Lipinski definition) is 1. The number of carbonyl (C=O) groups is 1. The molecule has 0 bridgehead atoms. The van der Waals surface area contributed by atoms with Gasteiger partial charge in [-0.05, 0) is 25.1 Å². The van der Waals surface area contributed by atoms with E-state index in [1.807, 2.05) is 0 Å². The summed E-state index contributed by atoms with van der Waals surface area (Å²) in [4.78, 5) is 11.0. The summed E-state index contributed by atoms with van der Waals surface area (Å²) in [5.41, 5.74) is 0.526. The lowest BCUT2D eigenvalue weighted by atomic mass is 10.3. The zero-order valence-electron chi connectivity index (χ0n) is 7.22. The second-order valence-electron chi connectivity index (χ2n) is 2.39. The molecule has 0 aromatic heterocycles. The van der Waals surface area contributed by atoms with Gasteiger partial charge in [-0.2, -0.15) is 0 Å². The van der Waals surface area contributed by atoms with Crippen molar-refractivity contribution in [2.75, 3.05) is 11.9 Å². The second kappa shape index (κ2) is 5.08. The van der Waals surface area contributed by atoms with Gasteiger partial charge in [-0.3, -0.25) is 5.32 Å². The van der Waals surface area contributed by atoms with Crippen molar-refractivity contribution in [2.24, 2.45) is 0 Å². The highest BCUT2D eigenvalue weighted by Crippen LogP contribution is 2.24. The maximum absolute atomic E-state index is 11.0. The average Bonchev–Trinajstić information content (AvgIpc) is 2.12. The molecule has 1 aromatic carbocycles. The van der Waals surface area contributed by atoms with Gasteiger partial charge in [0.2, 0.25) is 0 Å². The molecular formula is C9H8Cl2NO2. The maximum Gasteiger partial charge on any atom is 0.411 e. The van der Waals surface area contributed by atoms with E-state index in [2.05, 4.69) is 17.0 Å². The Hall–Kier alpha value is -0.930. The lowest BCUT2D eigenvalue weighted by molar-refractivity contribution is 0.173. The highest BCUT2D eigenvalue weighted by Gasteiger charge is 2.03. The summed E-state index contributed by atoms with van der Waals surface area (Å²) >= 11 is 11.4. The predicted molar refractivity (Wildman–Crippen MR) is 56.8 cm³/mol. The van der Waals surface area contributed by atoms with E-state index in [0.717, 1.165) is 0 Å². The van der Waals surface area contributed by atoms with Gasteiger partial charge >= 0.3 is 6.09 Å². The highest BCUT2D eigenvalue weighted by molar-refractivity contribution is 6.42. The molecule has 5 heteroatoms. The molecular weight excluding hydrogens is 225 g/mol. The molecule has 0 saturated carbocycles. The summed E-state index contributed by atoms with van der Waals surface area (Å²) in [6, 6.07) is 4.75. The van der Waals surface area contributed by atoms with Crippen molar-refractivity contribution in [3.8, 4) is 0 Å². The zero-order valence-corrected chi connectivity index (χ0v) is 8.73. The van der Waals surface area contributed by atoms with Crippen molar-refractivity contribution in [1.29, 1.82) is 0 Å². The molecule has 75 valence electrons. The van der Waals surface area contributed by atoms with Crippen molar-refractivity contribution >= 4 is 35.0 Å². The van der Waals surface area contributed by atoms with Crippen LogP contribution in [0.15, 0.2) is 18.2 Å². The monoisotopic (exact) mass is 232 g/mol. The summed E-state index contributed by atoms with van der Waals surface area (Å²) in [6.45, 7) is 3.45. The molecule has 1 aromatic rings. The highest BCUT2D eigenvalue weighted by atomic mass is 35.5. The molecule has 0 unspecified atom stereocenters. The van der Waals surface area contributed by atoms with Crippen LogP contribution in [0.25, 0.3) is 0 Å². The summed E-state index contributed by atoms with van der Waals surface area (Å²) in [5, 5.41) is 3.27. The van der Waals surface area contributed by atoms with E-state index in [4.69, 9.17) is 23.2 Å². The topological polar surface area (TPSA) is 38.3 Å². The number of carbonyl (C=O) groups excluding carboxylic acids is 1. The third-order valence-corrected chi connectivity index (χ3v) is 2.14. The summed E-state index contributed by atoms with van der Waals surface area (Å²) in [6.07, 6.45) is -0.571. The standard InChI is InChI=1S/C9H8Cl2NO2/c1-2-14-9(13)12-6-3-4-7(10)8(11)5-6/h3-5H,1-2H2,(H,12,13). The van der Waals surface area contributed by atoms with Gasteiger partial charge in [-0.25, -0.2) is 4.79 Å². The molecule has 1 radical (unpaired) electrons. The summed E-state index contributed by atoms with van der Waals surface area (Å²) in [5.74, 6) is 0. The molecule has 0 atom stereocenters. The van der Waals surface area contributed by atoms with Gasteiger partial charge in [0.05, 0.1) is 16.7 Å². The largest absolute Gasteiger partial charge is 0.449 e. The Bertz CT molecular complexity index is 342. The Morgan fingerprint density at radius 3 is 2.71 bits per heavy atom. The van der Waals surface area contributed by atoms with Gasteiger partial charge in [0.1, 0.15) is 0 Å². The van der Waals surface area contributed by atoms with E-state index < -0.39 is 6.09 Å². The van der Waals surface area contributed by atoms with E-state index in [9.17, 15) is 4.79 Å². The van der Waals surface area contributed by atoms with Crippen LogP contribution < -0.4 is 5.32 Å². The number of amides is 1. The molecule has 0 aliphatic rings. The fourth-order valence-electron chi connectivity index (χ4n) is 0.821. The lowest BCUT2D eigenvalue weighted by Gasteiger charge is -2.05. The van der Waals surface area contributed by atoms with Crippen LogP contribution in [-0.2, 0) is 4.74 Å². The molecule has 1 rings (SSSR count). The Labute approximate surface area is 92.0 Å². The quantitative estimate of drug-likeness (QED) is 0.850. The van der Waals surface area contributed by atoms with E-state index >= 15 is 0 Å². The van der Waals surface area contributed by atoms with Crippen LogP contribution >= 0.6 is 23.2 Å². The first kappa shape index (κ1) is 11.1. The van der Waals surface area contributed by atoms with Gasteiger partial charge in [0.15, 0.2) is 0 Å². The predicted octanol–water partition coefficient (Wildman–Crippen LogP) is 3.38. The number of ether oxygens (including phenoxy) is 1. The number of rotatable bonds is 2. The first-order valence-electron chi connectivity index (χ1n) is 3.81. The summed E-state index contributed by atoms with van der Waals surface area (Å²) in [7, 11) is 0. The molecule has 1 N–H and O–H groups in total.